The molecule has 0 N–H and O–H groups in total. The molecular weight excluding hydrogens is 142 g/mol. The third-order valence-corrected chi connectivity index (χ3v) is 1.17. The average Bonchev–Trinajstić information content (AvgIpc) is 2.33. The van der Waals surface area contributed by atoms with Gasteiger partial charge in [-0.1, -0.05) is 5.16 Å². The van der Waals surface area contributed by atoms with Crippen LogP contribution in [0.2, 0.25) is 0 Å². The minimum absolute atomic E-state index is 0.157. The molecule has 0 saturated heterocycles. The molecule has 0 aliphatic carbocycles. The quantitative estimate of drug-likeness (QED) is 0.579. The lowest BCUT2D eigenvalue weighted by Gasteiger charge is -1.79. The molecule has 0 aliphatic rings. The third-order valence-electron chi connectivity index (χ3n) is 0.884. The summed E-state index contributed by atoms with van der Waals surface area (Å²) in [6.45, 7) is 0. The van der Waals surface area contributed by atoms with Gasteiger partial charge in [0.15, 0.2) is 5.69 Å². The van der Waals surface area contributed by atoms with Gasteiger partial charge in [-0.15, -0.1) is 11.6 Å². The number of aromatic nitrogens is 1. The van der Waals surface area contributed by atoms with E-state index < -0.39 is 0 Å². The van der Waals surface area contributed by atoms with Gasteiger partial charge in [0.2, 0.25) is 0 Å². The summed E-state index contributed by atoms with van der Waals surface area (Å²) < 4.78 is 4.43. The molecule has 1 aromatic rings. The van der Waals surface area contributed by atoms with Crippen LogP contribution in [0.1, 0.15) is 11.3 Å². The molecule has 4 heteroatoms. The van der Waals surface area contributed by atoms with Gasteiger partial charge in [0.1, 0.15) is 6.26 Å². The van der Waals surface area contributed by atoms with E-state index in [2.05, 4.69) is 9.68 Å². The Morgan fingerprint density at radius 1 is 1.89 bits per heavy atom. The highest BCUT2D eigenvalue weighted by Crippen LogP contribution is 2.05. The first-order valence-corrected chi connectivity index (χ1v) is 2.79. The van der Waals surface area contributed by atoms with Crippen LogP contribution in [0.5, 0.6) is 0 Å². The molecule has 1 heterocycles. The SMILES string of the molecule is O=[C]c1nocc1CCl. The van der Waals surface area contributed by atoms with Gasteiger partial charge in [-0.2, -0.15) is 0 Å². The zero-order valence-electron chi connectivity index (χ0n) is 4.43. The monoisotopic (exact) mass is 144 g/mol. The fraction of sp³-hybridized carbons (Fsp3) is 0.200. The van der Waals surface area contributed by atoms with Crippen molar-refractivity contribution in [1.29, 1.82) is 0 Å². The smallest absolute Gasteiger partial charge is 0.257 e. The van der Waals surface area contributed by atoms with E-state index in [0.29, 0.717) is 5.56 Å². The maximum absolute atomic E-state index is 9.94. The van der Waals surface area contributed by atoms with Crippen molar-refractivity contribution < 1.29 is 9.32 Å². The van der Waals surface area contributed by atoms with E-state index in [4.69, 9.17) is 11.6 Å². The van der Waals surface area contributed by atoms with Gasteiger partial charge in [-0.05, 0) is 0 Å². The summed E-state index contributed by atoms with van der Waals surface area (Å²) in [7, 11) is 0. The predicted octanol–water partition coefficient (Wildman–Crippen LogP) is 0.871. The predicted molar refractivity (Wildman–Crippen MR) is 30.9 cm³/mol. The number of carbonyl (C=O) groups excluding carboxylic acids is 1. The Morgan fingerprint density at radius 2 is 2.67 bits per heavy atom. The molecule has 0 unspecified atom stereocenters. The molecule has 0 aliphatic heterocycles. The number of hydrogen-bond donors (Lipinski definition) is 0. The Bertz CT molecular complexity index is 208. The lowest BCUT2D eigenvalue weighted by molar-refractivity contribution is 0.416. The fourth-order valence-electron chi connectivity index (χ4n) is 0.436. The Hall–Kier alpha value is -0.830. The van der Waals surface area contributed by atoms with Gasteiger partial charge in [0, 0.05) is 5.56 Å². The van der Waals surface area contributed by atoms with Crippen molar-refractivity contribution in [3.8, 4) is 0 Å². The standard InChI is InChI=1S/C5H3ClNO2/c6-1-4-3-9-7-5(4)2-8/h3H,1H2. The molecular formula is C5H3ClNO2. The Balaban J connectivity index is 2.98. The first kappa shape index (κ1) is 6.29. The van der Waals surface area contributed by atoms with Crippen molar-refractivity contribution in [3.63, 3.8) is 0 Å². The molecule has 0 amide bonds. The van der Waals surface area contributed by atoms with Crippen molar-refractivity contribution in [2.24, 2.45) is 0 Å². The van der Waals surface area contributed by atoms with Crippen LogP contribution >= 0.6 is 11.6 Å². The van der Waals surface area contributed by atoms with Gasteiger partial charge in [-0.3, -0.25) is 4.79 Å². The van der Waals surface area contributed by atoms with Crippen molar-refractivity contribution in [2.45, 2.75) is 5.88 Å². The Morgan fingerprint density at radius 3 is 3.11 bits per heavy atom. The van der Waals surface area contributed by atoms with Gasteiger partial charge in [-0.25, -0.2) is 0 Å². The molecule has 1 aromatic heterocycles. The fourth-order valence-corrected chi connectivity index (χ4v) is 0.626. The summed E-state index contributed by atoms with van der Waals surface area (Å²) in [5.41, 5.74) is 0.733. The van der Waals surface area contributed by atoms with Gasteiger partial charge in [0.05, 0.1) is 5.88 Å². The van der Waals surface area contributed by atoms with E-state index in [1.807, 2.05) is 0 Å². The number of rotatable bonds is 2. The zero-order chi connectivity index (χ0) is 6.69. The minimum atomic E-state index is 0.157. The average molecular weight is 145 g/mol. The summed E-state index contributed by atoms with van der Waals surface area (Å²) in [5, 5.41) is 3.32. The topological polar surface area (TPSA) is 43.1 Å². The first-order valence-electron chi connectivity index (χ1n) is 2.26. The Labute approximate surface area is 56.6 Å². The summed E-state index contributed by atoms with van der Waals surface area (Å²) in [5.74, 6) is 0.230. The van der Waals surface area contributed by atoms with Crippen LogP contribution in [0.15, 0.2) is 10.8 Å². The van der Waals surface area contributed by atoms with Crippen molar-refractivity contribution in [1.82, 2.24) is 5.16 Å². The molecule has 1 rings (SSSR count). The van der Waals surface area contributed by atoms with Gasteiger partial charge in [0.25, 0.3) is 6.29 Å². The molecule has 9 heavy (non-hydrogen) atoms. The molecule has 1 radical (unpaired) electrons. The summed E-state index contributed by atoms with van der Waals surface area (Å²) >= 11 is 5.37. The molecule has 3 nitrogen and oxygen atoms in total. The normalized spacial score (nSPS) is 9.44. The van der Waals surface area contributed by atoms with Crippen LogP contribution in [0.25, 0.3) is 0 Å². The molecule has 0 saturated carbocycles. The molecule has 0 atom stereocenters. The maximum Gasteiger partial charge on any atom is 0.257 e. The number of nitrogens with zero attached hydrogens (tertiary/aromatic N) is 1. The Kier molecular flexibility index (Phi) is 1.85. The second-order valence-corrected chi connectivity index (χ2v) is 1.69. The second-order valence-electron chi connectivity index (χ2n) is 1.42. The highest BCUT2D eigenvalue weighted by atomic mass is 35.5. The van der Waals surface area contributed by atoms with Gasteiger partial charge >= 0.3 is 0 Å². The van der Waals surface area contributed by atoms with E-state index >= 15 is 0 Å². The lowest BCUT2D eigenvalue weighted by Crippen LogP contribution is -1.84. The highest BCUT2D eigenvalue weighted by molar-refractivity contribution is 6.17. The van der Waals surface area contributed by atoms with Crippen LogP contribution in [0, 0.1) is 0 Å². The first-order chi connectivity index (χ1) is 4.38. The second kappa shape index (κ2) is 2.64. The van der Waals surface area contributed by atoms with Gasteiger partial charge < -0.3 is 4.52 Å². The van der Waals surface area contributed by atoms with E-state index in [1.54, 1.807) is 6.29 Å². The summed E-state index contributed by atoms with van der Waals surface area (Å²) in [4.78, 5) is 9.94. The molecule has 47 valence electrons. The van der Waals surface area contributed by atoms with Crippen molar-refractivity contribution in [2.75, 3.05) is 0 Å². The van der Waals surface area contributed by atoms with Crippen LogP contribution in [0.3, 0.4) is 0 Å². The largest absolute Gasteiger partial charge is 0.364 e. The summed E-state index contributed by atoms with van der Waals surface area (Å²) in [6.07, 6.45) is 2.91. The molecule has 0 aromatic carbocycles. The minimum Gasteiger partial charge on any atom is -0.364 e. The van der Waals surface area contributed by atoms with Crippen LogP contribution < -0.4 is 0 Å². The number of hydrogen-bond acceptors (Lipinski definition) is 3. The molecule has 0 fully saturated rings. The zero-order valence-corrected chi connectivity index (χ0v) is 5.18. The van der Waals surface area contributed by atoms with Crippen LogP contribution in [-0.4, -0.2) is 11.4 Å². The lowest BCUT2D eigenvalue weighted by atomic mass is 10.3. The molecule has 0 spiro atoms. The van der Waals surface area contributed by atoms with Crippen molar-refractivity contribution >= 4 is 17.9 Å². The van der Waals surface area contributed by atoms with Crippen LogP contribution in [0.4, 0.5) is 0 Å². The number of halogens is 1. The highest BCUT2D eigenvalue weighted by Gasteiger charge is 2.03. The van der Waals surface area contributed by atoms with E-state index in [0.717, 1.165) is 0 Å². The van der Waals surface area contributed by atoms with Crippen molar-refractivity contribution in [3.05, 3.63) is 17.5 Å². The number of alkyl halides is 1. The summed E-state index contributed by atoms with van der Waals surface area (Å²) in [6, 6.07) is 0. The van der Waals surface area contributed by atoms with E-state index in [-0.39, 0.29) is 11.6 Å². The van der Waals surface area contributed by atoms with E-state index in [1.165, 1.54) is 6.26 Å². The van der Waals surface area contributed by atoms with E-state index in [9.17, 15) is 4.79 Å². The van der Waals surface area contributed by atoms with Crippen LogP contribution in [-0.2, 0) is 10.7 Å². The third kappa shape index (κ3) is 1.10. The maximum atomic E-state index is 9.94. The molecule has 0 bridgehead atoms.